The van der Waals surface area contributed by atoms with Gasteiger partial charge in [-0.1, -0.05) is 49.7 Å². The number of hydrogen-bond donors (Lipinski definition) is 0. The van der Waals surface area contributed by atoms with Crippen molar-refractivity contribution in [3.05, 3.63) is 71.0 Å². The predicted octanol–water partition coefficient (Wildman–Crippen LogP) is 6.68. The maximum Gasteiger partial charge on any atom is 0.426 e. The third-order valence-electron chi connectivity index (χ3n) is 5.31. The largest absolute Gasteiger partial charge is 0.457 e. The van der Waals surface area contributed by atoms with Gasteiger partial charge in [-0.2, -0.15) is 18.4 Å². The zero-order valence-electron chi connectivity index (χ0n) is 17.0. The van der Waals surface area contributed by atoms with Crippen LogP contribution in [0.3, 0.4) is 0 Å². The van der Waals surface area contributed by atoms with Crippen LogP contribution in [-0.2, 0) is 9.53 Å². The Morgan fingerprint density at radius 3 is 2.41 bits per heavy atom. The number of alkyl halides is 3. The molecule has 0 N–H and O–H groups in total. The third-order valence-corrected chi connectivity index (χ3v) is 5.65. The molecule has 0 saturated heterocycles. The van der Waals surface area contributed by atoms with Crippen molar-refractivity contribution in [3.63, 3.8) is 0 Å². The molecule has 2 aromatic rings. The summed E-state index contributed by atoms with van der Waals surface area (Å²) >= 11 is 5.31. The summed E-state index contributed by atoms with van der Waals surface area (Å²) in [5.41, 5.74) is -0.501. The summed E-state index contributed by atoms with van der Waals surface area (Å²) in [7, 11) is 0. The highest BCUT2D eigenvalue weighted by molar-refractivity contribution is 6.30. The number of rotatable bonds is 6. The highest BCUT2D eigenvalue weighted by Gasteiger charge is 2.62. The summed E-state index contributed by atoms with van der Waals surface area (Å²) < 4.78 is 62.4. The number of hydrogen-bond acceptors (Lipinski definition) is 4. The lowest BCUT2D eigenvalue weighted by Crippen LogP contribution is -2.14. The van der Waals surface area contributed by atoms with Crippen molar-refractivity contribution in [1.29, 1.82) is 5.26 Å². The molecule has 3 rings (SSSR count). The van der Waals surface area contributed by atoms with Gasteiger partial charge in [-0.3, -0.25) is 4.79 Å². The Bertz CT molecular complexity index is 1090. The van der Waals surface area contributed by atoms with Crippen molar-refractivity contribution < 1.29 is 31.8 Å². The van der Waals surface area contributed by atoms with E-state index in [0.29, 0.717) is 5.56 Å². The number of ether oxygens (including phenoxy) is 2. The van der Waals surface area contributed by atoms with Crippen molar-refractivity contribution >= 4 is 17.6 Å². The molecule has 9 heteroatoms. The number of nitrogens with zero attached hydrogens (tertiary/aromatic N) is 1. The van der Waals surface area contributed by atoms with E-state index in [4.69, 9.17) is 21.1 Å². The normalized spacial score (nSPS) is 20.8. The van der Waals surface area contributed by atoms with Crippen LogP contribution in [0.5, 0.6) is 11.5 Å². The van der Waals surface area contributed by atoms with Crippen LogP contribution in [0.1, 0.15) is 25.5 Å². The first-order chi connectivity index (χ1) is 14.9. The molecule has 0 spiro atoms. The maximum atomic E-state index is 13.3. The average molecular weight is 468 g/mol. The van der Waals surface area contributed by atoms with Crippen molar-refractivity contribution in [2.75, 3.05) is 0 Å². The molecule has 0 bridgehead atoms. The number of carbonyl (C=O) groups is 1. The monoisotopic (exact) mass is 467 g/mol. The standard InChI is InChI=1S/C23H18ClF4NO3/c1-22(2)17(11-19(24)23(26,27)28)20(22)21(30)32-18(12-29)13-5-3-7-15(9-13)31-16-8-4-6-14(25)10-16/h3-11,17-18,20H,1-2H3/b19-11-/t17-,18?,20-/m0/s1. The second-order valence-electron chi connectivity index (χ2n) is 7.92. The van der Waals surface area contributed by atoms with E-state index in [1.165, 1.54) is 30.3 Å². The smallest absolute Gasteiger partial charge is 0.426 e. The van der Waals surface area contributed by atoms with Gasteiger partial charge in [0, 0.05) is 11.6 Å². The van der Waals surface area contributed by atoms with Crippen LogP contribution in [0.15, 0.2) is 59.6 Å². The summed E-state index contributed by atoms with van der Waals surface area (Å²) in [4.78, 5) is 12.6. The van der Waals surface area contributed by atoms with Gasteiger partial charge in [0.25, 0.3) is 0 Å². The Hall–Kier alpha value is -3.05. The van der Waals surface area contributed by atoms with E-state index in [1.807, 2.05) is 6.07 Å². The number of nitriles is 1. The van der Waals surface area contributed by atoms with Crippen LogP contribution in [-0.4, -0.2) is 12.1 Å². The molecule has 3 atom stereocenters. The average Bonchev–Trinajstić information content (AvgIpc) is 3.25. The lowest BCUT2D eigenvalue weighted by Gasteiger charge is -2.13. The Balaban J connectivity index is 1.73. The number of benzene rings is 2. The molecule has 1 aliphatic rings. The molecule has 0 aromatic heterocycles. The summed E-state index contributed by atoms with van der Waals surface area (Å²) in [5.74, 6) is -2.40. The minimum atomic E-state index is -4.70. The zero-order chi connectivity index (χ0) is 23.7. The van der Waals surface area contributed by atoms with E-state index in [1.54, 1.807) is 32.0 Å². The topological polar surface area (TPSA) is 59.3 Å². The second-order valence-corrected chi connectivity index (χ2v) is 8.32. The van der Waals surface area contributed by atoms with Gasteiger partial charge in [0.1, 0.15) is 28.4 Å². The fraction of sp³-hybridized carbons (Fsp3) is 0.304. The molecule has 4 nitrogen and oxygen atoms in total. The fourth-order valence-electron chi connectivity index (χ4n) is 3.46. The molecule has 1 unspecified atom stereocenters. The Morgan fingerprint density at radius 2 is 1.81 bits per heavy atom. The highest BCUT2D eigenvalue weighted by atomic mass is 35.5. The van der Waals surface area contributed by atoms with Crippen molar-refractivity contribution in [2.45, 2.75) is 26.1 Å². The maximum absolute atomic E-state index is 13.3. The third kappa shape index (κ3) is 5.22. The molecule has 2 aromatic carbocycles. The van der Waals surface area contributed by atoms with Crippen LogP contribution in [0, 0.1) is 34.4 Å². The molecule has 1 saturated carbocycles. The molecule has 0 amide bonds. The van der Waals surface area contributed by atoms with Crippen LogP contribution in [0.2, 0.25) is 0 Å². The van der Waals surface area contributed by atoms with Gasteiger partial charge >= 0.3 is 12.1 Å². The molecule has 1 aliphatic carbocycles. The van der Waals surface area contributed by atoms with Gasteiger partial charge < -0.3 is 9.47 Å². The van der Waals surface area contributed by atoms with E-state index >= 15 is 0 Å². The van der Waals surface area contributed by atoms with Gasteiger partial charge in [0.2, 0.25) is 6.10 Å². The molecule has 32 heavy (non-hydrogen) atoms. The molecule has 0 aliphatic heterocycles. The second kappa shape index (κ2) is 8.83. The van der Waals surface area contributed by atoms with Crippen molar-refractivity contribution in [1.82, 2.24) is 0 Å². The minimum Gasteiger partial charge on any atom is -0.457 e. The molecular weight excluding hydrogens is 450 g/mol. The van der Waals surface area contributed by atoms with Crippen LogP contribution < -0.4 is 4.74 Å². The van der Waals surface area contributed by atoms with E-state index in [-0.39, 0.29) is 11.5 Å². The van der Waals surface area contributed by atoms with E-state index < -0.39 is 46.3 Å². The molecular formula is C23H18ClF4NO3. The van der Waals surface area contributed by atoms with Gasteiger partial charge in [-0.05, 0) is 35.6 Å². The lowest BCUT2D eigenvalue weighted by molar-refractivity contribution is -0.149. The van der Waals surface area contributed by atoms with Crippen molar-refractivity contribution in [2.24, 2.45) is 17.3 Å². The van der Waals surface area contributed by atoms with Gasteiger partial charge in [-0.15, -0.1) is 0 Å². The molecule has 1 fully saturated rings. The lowest BCUT2D eigenvalue weighted by atomic mass is 10.1. The zero-order valence-corrected chi connectivity index (χ0v) is 17.7. The van der Waals surface area contributed by atoms with Gasteiger partial charge in [0.15, 0.2) is 0 Å². The summed E-state index contributed by atoms with van der Waals surface area (Å²) in [5, 5.41) is 8.20. The van der Waals surface area contributed by atoms with Crippen molar-refractivity contribution in [3.8, 4) is 17.6 Å². The summed E-state index contributed by atoms with van der Waals surface area (Å²) in [6.45, 7) is 3.24. The molecule has 168 valence electrons. The first kappa shape index (κ1) is 23.6. The fourth-order valence-corrected chi connectivity index (χ4v) is 3.59. The summed E-state index contributed by atoms with van der Waals surface area (Å²) in [6.07, 6.45) is -5.20. The Morgan fingerprint density at radius 1 is 1.19 bits per heavy atom. The van der Waals surface area contributed by atoms with Crippen LogP contribution >= 0.6 is 11.6 Å². The minimum absolute atomic E-state index is 0.239. The number of esters is 1. The molecule has 0 radical (unpaired) electrons. The first-order valence-electron chi connectivity index (χ1n) is 9.51. The number of halogens is 5. The van der Waals surface area contributed by atoms with Crippen LogP contribution in [0.25, 0.3) is 0 Å². The van der Waals surface area contributed by atoms with E-state index in [0.717, 1.165) is 6.08 Å². The quantitative estimate of drug-likeness (QED) is 0.351. The van der Waals surface area contributed by atoms with Gasteiger partial charge in [0.05, 0.1) is 5.92 Å². The first-order valence-corrected chi connectivity index (χ1v) is 9.89. The molecule has 0 heterocycles. The SMILES string of the molecule is CC1(C)[C@H](C(=O)OC(C#N)c2cccc(Oc3cccc(F)c3)c2)[C@@H]1/C=C(\Cl)C(F)(F)F. The number of carbonyl (C=O) groups excluding carboxylic acids is 1. The highest BCUT2D eigenvalue weighted by Crippen LogP contribution is 2.60. The number of allylic oxidation sites excluding steroid dienone is 2. The predicted molar refractivity (Wildman–Crippen MR) is 108 cm³/mol. The van der Waals surface area contributed by atoms with E-state index in [9.17, 15) is 27.6 Å². The van der Waals surface area contributed by atoms with E-state index in [2.05, 4.69) is 0 Å². The van der Waals surface area contributed by atoms with Crippen LogP contribution in [0.4, 0.5) is 17.6 Å². The van der Waals surface area contributed by atoms with Gasteiger partial charge in [-0.25, -0.2) is 4.39 Å². The summed E-state index contributed by atoms with van der Waals surface area (Å²) in [6, 6.07) is 13.5. The Kier molecular flexibility index (Phi) is 6.51. The Labute approximate surface area is 187 Å².